The number of carbonyl (C=O) groups excluding carboxylic acids is 2. The first-order chi connectivity index (χ1) is 8.00. The van der Waals surface area contributed by atoms with E-state index in [2.05, 4.69) is 4.98 Å². The van der Waals surface area contributed by atoms with Crippen LogP contribution in [0.3, 0.4) is 0 Å². The largest absolute Gasteiger partial charge is 0.314 e. The average molecular weight is 235 g/mol. The van der Waals surface area contributed by atoms with Crippen LogP contribution in [0.2, 0.25) is 0 Å². The summed E-state index contributed by atoms with van der Waals surface area (Å²) < 4.78 is 0. The molecular formula is C10H9N3O4. The molecule has 88 valence electrons. The molecule has 0 aliphatic carbocycles. The quantitative estimate of drug-likeness (QED) is 0.425. The highest BCUT2D eigenvalue weighted by Crippen LogP contribution is 2.30. The van der Waals surface area contributed by atoms with Gasteiger partial charge in [-0.2, -0.15) is 0 Å². The first-order valence-corrected chi connectivity index (χ1v) is 4.92. The van der Waals surface area contributed by atoms with Gasteiger partial charge in [-0.3, -0.25) is 24.6 Å². The maximum absolute atomic E-state index is 11.5. The number of nitrogens with zero attached hydrogens (tertiary/aromatic N) is 3. The molecule has 0 unspecified atom stereocenters. The molecule has 1 saturated heterocycles. The predicted molar refractivity (Wildman–Crippen MR) is 57.6 cm³/mol. The SMILES string of the molecule is Cc1ccnc(N2CC(=O)CC2=O)c1[N+](=O)[O-]. The minimum absolute atomic E-state index is 0.0501. The lowest BCUT2D eigenvalue weighted by Gasteiger charge is -2.13. The van der Waals surface area contributed by atoms with Crippen LogP contribution in [0.4, 0.5) is 11.5 Å². The highest BCUT2D eigenvalue weighted by molar-refractivity contribution is 6.15. The van der Waals surface area contributed by atoms with Gasteiger partial charge in [0.1, 0.15) is 0 Å². The number of anilines is 1. The summed E-state index contributed by atoms with van der Waals surface area (Å²) in [6.45, 7) is 1.42. The molecule has 0 N–H and O–H groups in total. The number of ketones is 1. The molecule has 2 rings (SSSR count). The Hall–Kier alpha value is -2.31. The summed E-state index contributed by atoms with van der Waals surface area (Å²) in [5, 5.41) is 10.9. The number of nitro groups is 1. The monoisotopic (exact) mass is 235 g/mol. The Morgan fingerprint density at radius 2 is 2.18 bits per heavy atom. The number of pyridine rings is 1. The maximum Gasteiger partial charge on any atom is 0.314 e. The number of hydrogen-bond donors (Lipinski definition) is 0. The first kappa shape index (κ1) is 11.2. The van der Waals surface area contributed by atoms with Crippen LogP contribution in [0, 0.1) is 17.0 Å². The third kappa shape index (κ3) is 1.86. The number of hydrogen-bond acceptors (Lipinski definition) is 5. The number of carbonyl (C=O) groups is 2. The second kappa shape index (κ2) is 3.93. The van der Waals surface area contributed by atoms with Crippen LogP contribution in [-0.2, 0) is 9.59 Å². The molecule has 2 heterocycles. The van der Waals surface area contributed by atoms with E-state index in [-0.39, 0.29) is 30.3 Å². The van der Waals surface area contributed by atoms with E-state index in [9.17, 15) is 19.7 Å². The van der Waals surface area contributed by atoms with E-state index >= 15 is 0 Å². The topological polar surface area (TPSA) is 93.4 Å². The predicted octanol–water partition coefficient (Wildman–Crippen LogP) is 0.604. The van der Waals surface area contributed by atoms with Crippen molar-refractivity contribution >= 4 is 23.2 Å². The molecule has 0 spiro atoms. The van der Waals surface area contributed by atoms with E-state index in [0.717, 1.165) is 4.90 Å². The third-order valence-electron chi connectivity index (χ3n) is 2.53. The Labute approximate surface area is 96.2 Å². The van der Waals surface area contributed by atoms with E-state index < -0.39 is 10.8 Å². The van der Waals surface area contributed by atoms with Crippen LogP contribution in [-0.4, -0.2) is 28.1 Å². The van der Waals surface area contributed by atoms with Crippen LogP contribution < -0.4 is 4.90 Å². The smallest absolute Gasteiger partial charge is 0.297 e. The molecule has 1 aliphatic rings. The fourth-order valence-corrected chi connectivity index (χ4v) is 1.74. The summed E-state index contributed by atoms with van der Waals surface area (Å²) in [7, 11) is 0. The van der Waals surface area contributed by atoms with Gasteiger partial charge in [0.15, 0.2) is 5.78 Å². The van der Waals surface area contributed by atoms with Gasteiger partial charge in [-0.15, -0.1) is 0 Å². The van der Waals surface area contributed by atoms with Crippen molar-refractivity contribution in [1.82, 2.24) is 4.98 Å². The average Bonchev–Trinajstić information content (AvgIpc) is 2.56. The number of Topliss-reactive ketones (excluding diaryl/α,β-unsaturated/α-hetero) is 1. The normalized spacial score (nSPS) is 15.5. The molecule has 0 radical (unpaired) electrons. The summed E-state index contributed by atoms with van der Waals surface area (Å²) in [4.78, 5) is 37.9. The van der Waals surface area contributed by atoms with Gasteiger partial charge < -0.3 is 0 Å². The first-order valence-electron chi connectivity index (χ1n) is 4.92. The van der Waals surface area contributed by atoms with Crippen molar-refractivity contribution < 1.29 is 14.5 Å². The Bertz CT molecular complexity index is 526. The number of amides is 1. The number of aryl methyl sites for hydroxylation is 1. The highest BCUT2D eigenvalue weighted by Gasteiger charge is 2.34. The van der Waals surface area contributed by atoms with E-state index in [1.807, 2.05) is 0 Å². The standard InChI is InChI=1S/C10H9N3O4/c1-6-2-3-11-10(9(6)13(16)17)12-5-7(14)4-8(12)15/h2-3H,4-5H2,1H3. The molecule has 1 aliphatic heterocycles. The summed E-state index contributed by atoms with van der Waals surface area (Å²) in [5.41, 5.74) is 0.183. The summed E-state index contributed by atoms with van der Waals surface area (Å²) >= 11 is 0. The van der Waals surface area contributed by atoms with E-state index in [1.165, 1.54) is 12.3 Å². The van der Waals surface area contributed by atoms with Crippen LogP contribution in [0.5, 0.6) is 0 Å². The zero-order valence-electron chi connectivity index (χ0n) is 9.04. The van der Waals surface area contributed by atoms with Crippen LogP contribution in [0.1, 0.15) is 12.0 Å². The van der Waals surface area contributed by atoms with Crippen molar-refractivity contribution in [2.45, 2.75) is 13.3 Å². The molecule has 0 bridgehead atoms. The molecule has 1 aromatic rings. The summed E-state index contributed by atoms with van der Waals surface area (Å²) in [6.07, 6.45) is 1.17. The minimum atomic E-state index is -0.590. The van der Waals surface area contributed by atoms with Gasteiger partial charge in [-0.25, -0.2) is 4.98 Å². The number of aromatic nitrogens is 1. The highest BCUT2D eigenvalue weighted by atomic mass is 16.6. The second-order valence-electron chi connectivity index (χ2n) is 3.75. The lowest BCUT2D eigenvalue weighted by atomic mass is 10.2. The van der Waals surface area contributed by atoms with Crippen LogP contribution >= 0.6 is 0 Å². The fraction of sp³-hybridized carbons (Fsp3) is 0.300. The molecule has 1 aromatic heterocycles. The molecular weight excluding hydrogens is 226 g/mol. The Morgan fingerprint density at radius 3 is 2.71 bits per heavy atom. The van der Waals surface area contributed by atoms with Gasteiger partial charge in [0.2, 0.25) is 11.7 Å². The van der Waals surface area contributed by atoms with Crippen molar-refractivity contribution in [1.29, 1.82) is 0 Å². The third-order valence-corrected chi connectivity index (χ3v) is 2.53. The van der Waals surface area contributed by atoms with Crippen molar-refractivity contribution in [3.63, 3.8) is 0 Å². The molecule has 7 nitrogen and oxygen atoms in total. The van der Waals surface area contributed by atoms with Gasteiger partial charge in [0.25, 0.3) is 0 Å². The minimum Gasteiger partial charge on any atom is -0.297 e. The van der Waals surface area contributed by atoms with Crippen LogP contribution in [0.25, 0.3) is 0 Å². The van der Waals surface area contributed by atoms with E-state index in [4.69, 9.17) is 0 Å². The van der Waals surface area contributed by atoms with E-state index in [1.54, 1.807) is 6.92 Å². The Kier molecular flexibility index (Phi) is 2.58. The molecule has 1 amide bonds. The summed E-state index contributed by atoms with van der Waals surface area (Å²) in [5.74, 6) is -0.755. The van der Waals surface area contributed by atoms with Gasteiger partial charge in [-0.1, -0.05) is 0 Å². The Balaban J connectivity index is 2.52. The van der Waals surface area contributed by atoms with Crippen molar-refractivity contribution in [3.8, 4) is 0 Å². The van der Waals surface area contributed by atoms with Gasteiger partial charge in [-0.05, 0) is 13.0 Å². The van der Waals surface area contributed by atoms with Gasteiger partial charge in [0.05, 0.1) is 17.9 Å². The molecule has 0 atom stereocenters. The van der Waals surface area contributed by atoms with Crippen molar-refractivity contribution in [3.05, 3.63) is 27.9 Å². The Morgan fingerprint density at radius 1 is 1.47 bits per heavy atom. The molecule has 0 aromatic carbocycles. The van der Waals surface area contributed by atoms with Gasteiger partial charge in [0, 0.05) is 11.8 Å². The number of rotatable bonds is 2. The lowest BCUT2D eigenvalue weighted by molar-refractivity contribution is -0.384. The van der Waals surface area contributed by atoms with E-state index in [0.29, 0.717) is 5.56 Å². The zero-order chi connectivity index (χ0) is 12.6. The maximum atomic E-state index is 11.5. The lowest BCUT2D eigenvalue weighted by Crippen LogP contribution is -2.26. The molecule has 1 fully saturated rings. The second-order valence-corrected chi connectivity index (χ2v) is 3.75. The van der Waals surface area contributed by atoms with Crippen LogP contribution in [0.15, 0.2) is 12.3 Å². The molecule has 17 heavy (non-hydrogen) atoms. The molecule has 7 heteroatoms. The van der Waals surface area contributed by atoms with Gasteiger partial charge >= 0.3 is 5.69 Å². The zero-order valence-corrected chi connectivity index (χ0v) is 9.04. The van der Waals surface area contributed by atoms with Crippen molar-refractivity contribution in [2.75, 3.05) is 11.4 Å². The van der Waals surface area contributed by atoms with Crippen molar-refractivity contribution in [2.24, 2.45) is 0 Å². The molecule has 0 saturated carbocycles. The summed E-state index contributed by atoms with van der Waals surface area (Å²) in [6, 6.07) is 1.49. The fourth-order valence-electron chi connectivity index (χ4n) is 1.74.